The van der Waals surface area contributed by atoms with Crippen LogP contribution in [0.4, 0.5) is 5.69 Å². The summed E-state index contributed by atoms with van der Waals surface area (Å²) in [6, 6.07) is 12.0. The van der Waals surface area contributed by atoms with Crippen molar-refractivity contribution in [1.82, 2.24) is 5.16 Å². The van der Waals surface area contributed by atoms with Crippen molar-refractivity contribution in [1.29, 1.82) is 0 Å². The van der Waals surface area contributed by atoms with Gasteiger partial charge in [0.2, 0.25) is 0 Å². The number of sulfonamides is 1. The summed E-state index contributed by atoms with van der Waals surface area (Å²) in [4.78, 5) is 0.205. The molecule has 8 heteroatoms. The van der Waals surface area contributed by atoms with E-state index in [1.54, 1.807) is 36.4 Å². The SMILES string of the molecule is CCc1ccc(-c2cc(C)no2)cc1S(=O)(=O)Nc1ccc2c(c1)OCCO2. The van der Waals surface area contributed by atoms with Crippen LogP contribution in [0.15, 0.2) is 51.9 Å². The van der Waals surface area contributed by atoms with Crippen molar-refractivity contribution in [2.75, 3.05) is 17.9 Å². The van der Waals surface area contributed by atoms with Crippen molar-refractivity contribution >= 4 is 15.7 Å². The van der Waals surface area contributed by atoms with E-state index in [9.17, 15) is 8.42 Å². The Hall–Kier alpha value is -3.00. The fourth-order valence-corrected chi connectivity index (χ4v) is 4.45. The van der Waals surface area contributed by atoms with Crippen LogP contribution < -0.4 is 14.2 Å². The molecule has 0 spiro atoms. The van der Waals surface area contributed by atoms with Gasteiger partial charge in [0, 0.05) is 17.7 Å². The fraction of sp³-hybridized carbons (Fsp3) is 0.250. The minimum Gasteiger partial charge on any atom is -0.486 e. The number of ether oxygens (including phenoxy) is 2. The van der Waals surface area contributed by atoms with E-state index < -0.39 is 10.0 Å². The summed E-state index contributed by atoms with van der Waals surface area (Å²) >= 11 is 0. The predicted octanol–water partition coefficient (Wildman–Crippen LogP) is 3.78. The molecule has 0 saturated carbocycles. The topological polar surface area (TPSA) is 90.7 Å². The quantitative estimate of drug-likeness (QED) is 0.701. The summed E-state index contributed by atoms with van der Waals surface area (Å²) in [7, 11) is -3.81. The summed E-state index contributed by atoms with van der Waals surface area (Å²) in [6.45, 7) is 4.64. The number of aryl methyl sites for hydroxylation is 2. The summed E-state index contributed by atoms with van der Waals surface area (Å²) in [5, 5.41) is 3.87. The van der Waals surface area contributed by atoms with E-state index in [4.69, 9.17) is 14.0 Å². The third-order valence-electron chi connectivity index (χ3n) is 4.44. The lowest BCUT2D eigenvalue weighted by molar-refractivity contribution is 0.171. The number of nitrogens with zero attached hydrogens (tertiary/aromatic N) is 1. The van der Waals surface area contributed by atoms with Gasteiger partial charge in [-0.25, -0.2) is 8.42 Å². The number of hydrogen-bond acceptors (Lipinski definition) is 6. The van der Waals surface area contributed by atoms with Crippen LogP contribution in [0.25, 0.3) is 11.3 Å². The second-order valence-electron chi connectivity index (χ2n) is 6.47. The van der Waals surface area contributed by atoms with Crippen molar-refractivity contribution < 1.29 is 22.4 Å². The summed E-state index contributed by atoms with van der Waals surface area (Å²) in [6.07, 6.45) is 0.576. The lowest BCUT2D eigenvalue weighted by Crippen LogP contribution is -2.17. The maximum absolute atomic E-state index is 13.1. The molecule has 3 aromatic rings. The molecule has 146 valence electrons. The molecule has 0 bridgehead atoms. The highest BCUT2D eigenvalue weighted by Crippen LogP contribution is 2.34. The smallest absolute Gasteiger partial charge is 0.262 e. The molecule has 2 aromatic carbocycles. The molecule has 7 nitrogen and oxygen atoms in total. The van der Waals surface area contributed by atoms with Crippen LogP contribution >= 0.6 is 0 Å². The predicted molar refractivity (Wildman–Crippen MR) is 104 cm³/mol. The summed E-state index contributed by atoms with van der Waals surface area (Å²) in [5.41, 5.74) is 2.51. The highest BCUT2D eigenvalue weighted by atomic mass is 32.2. The van der Waals surface area contributed by atoms with Gasteiger partial charge >= 0.3 is 0 Å². The highest BCUT2D eigenvalue weighted by molar-refractivity contribution is 7.92. The maximum Gasteiger partial charge on any atom is 0.262 e. The van der Waals surface area contributed by atoms with Gasteiger partial charge in [0.25, 0.3) is 10.0 Å². The Kier molecular flexibility index (Phi) is 4.72. The Balaban J connectivity index is 1.70. The zero-order valence-corrected chi connectivity index (χ0v) is 16.4. The van der Waals surface area contributed by atoms with Gasteiger partial charge in [-0.05, 0) is 37.1 Å². The van der Waals surface area contributed by atoms with Crippen LogP contribution in [0.3, 0.4) is 0 Å². The van der Waals surface area contributed by atoms with Crippen molar-refractivity contribution in [2.24, 2.45) is 0 Å². The molecule has 0 saturated heterocycles. The largest absolute Gasteiger partial charge is 0.486 e. The first-order valence-corrected chi connectivity index (χ1v) is 10.4. The van der Waals surface area contributed by atoms with Gasteiger partial charge in [0.05, 0.1) is 16.3 Å². The monoisotopic (exact) mass is 400 g/mol. The molecule has 0 atom stereocenters. The molecule has 1 aliphatic heterocycles. The normalized spacial score (nSPS) is 13.4. The maximum atomic E-state index is 13.1. The summed E-state index contributed by atoms with van der Waals surface area (Å²) in [5.74, 6) is 1.65. The minimum absolute atomic E-state index is 0.205. The Morgan fingerprint density at radius 3 is 2.54 bits per heavy atom. The highest BCUT2D eigenvalue weighted by Gasteiger charge is 2.21. The van der Waals surface area contributed by atoms with E-state index >= 15 is 0 Å². The number of anilines is 1. The van der Waals surface area contributed by atoms with Gasteiger partial charge in [0.15, 0.2) is 17.3 Å². The molecule has 28 heavy (non-hydrogen) atoms. The minimum atomic E-state index is -3.81. The van der Waals surface area contributed by atoms with Gasteiger partial charge in [0.1, 0.15) is 13.2 Å². The average molecular weight is 400 g/mol. The average Bonchev–Trinajstić information content (AvgIpc) is 3.13. The molecule has 0 amide bonds. The number of rotatable bonds is 5. The number of hydrogen-bond donors (Lipinski definition) is 1. The molecule has 1 aromatic heterocycles. The van der Waals surface area contributed by atoms with E-state index in [0.29, 0.717) is 53.7 Å². The van der Waals surface area contributed by atoms with Gasteiger partial charge < -0.3 is 14.0 Å². The molecule has 0 unspecified atom stereocenters. The first-order valence-electron chi connectivity index (χ1n) is 8.95. The van der Waals surface area contributed by atoms with E-state index in [0.717, 1.165) is 5.69 Å². The van der Waals surface area contributed by atoms with Crippen LogP contribution in [0, 0.1) is 6.92 Å². The molecule has 2 heterocycles. The Morgan fingerprint density at radius 1 is 1.04 bits per heavy atom. The lowest BCUT2D eigenvalue weighted by atomic mass is 10.1. The van der Waals surface area contributed by atoms with Crippen molar-refractivity contribution in [3.8, 4) is 22.8 Å². The first-order chi connectivity index (χ1) is 13.5. The first kappa shape index (κ1) is 18.4. The molecule has 1 aliphatic rings. The third-order valence-corrected chi connectivity index (χ3v) is 5.91. The van der Waals surface area contributed by atoms with Gasteiger partial charge in [-0.15, -0.1) is 0 Å². The van der Waals surface area contributed by atoms with E-state index in [1.807, 2.05) is 19.9 Å². The second kappa shape index (κ2) is 7.20. The standard InChI is InChI=1S/C20H20N2O5S/c1-3-14-4-5-15(18-10-13(2)21-27-18)11-20(14)28(23,24)22-16-6-7-17-19(12-16)26-9-8-25-17/h4-7,10-12,22H,3,8-9H2,1-2H3. The molecular weight excluding hydrogens is 380 g/mol. The van der Waals surface area contributed by atoms with Gasteiger partial charge in [-0.2, -0.15) is 0 Å². The van der Waals surface area contributed by atoms with Crippen LogP contribution in [-0.2, 0) is 16.4 Å². The van der Waals surface area contributed by atoms with Crippen molar-refractivity contribution in [2.45, 2.75) is 25.2 Å². The molecule has 4 rings (SSSR count). The molecule has 1 N–H and O–H groups in total. The Labute approximate surface area is 163 Å². The number of fused-ring (bicyclic) bond motifs is 1. The Bertz CT molecular complexity index is 1120. The van der Waals surface area contributed by atoms with E-state index in [1.165, 1.54) is 0 Å². The van der Waals surface area contributed by atoms with Crippen molar-refractivity contribution in [3.05, 3.63) is 53.7 Å². The molecular formula is C20H20N2O5S. The van der Waals surface area contributed by atoms with Crippen LogP contribution in [0.5, 0.6) is 11.5 Å². The van der Waals surface area contributed by atoms with E-state index in [2.05, 4.69) is 9.88 Å². The van der Waals surface area contributed by atoms with Crippen LogP contribution in [0.2, 0.25) is 0 Å². The van der Waals surface area contributed by atoms with Crippen molar-refractivity contribution in [3.63, 3.8) is 0 Å². The summed E-state index contributed by atoms with van der Waals surface area (Å²) < 4.78 is 45.1. The lowest BCUT2D eigenvalue weighted by Gasteiger charge is -2.19. The number of benzene rings is 2. The van der Waals surface area contributed by atoms with Gasteiger partial charge in [-0.1, -0.05) is 24.2 Å². The zero-order valence-electron chi connectivity index (χ0n) is 15.6. The third kappa shape index (κ3) is 3.55. The second-order valence-corrected chi connectivity index (χ2v) is 8.12. The number of nitrogens with one attached hydrogen (secondary N) is 1. The van der Waals surface area contributed by atoms with Crippen LogP contribution in [0.1, 0.15) is 18.2 Å². The van der Waals surface area contributed by atoms with E-state index in [-0.39, 0.29) is 4.90 Å². The number of aromatic nitrogens is 1. The molecule has 0 radical (unpaired) electrons. The van der Waals surface area contributed by atoms with Gasteiger partial charge in [-0.3, -0.25) is 4.72 Å². The fourth-order valence-electron chi connectivity index (χ4n) is 3.07. The van der Waals surface area contributed by atoms with Crippen LogP contribution in [-0.4, -0.2) is 26.8 Å². The molecule has 0 aliphatic carbocycles. The zero-order chi connectivity index (χ0) is 19.7. The Morgan fingerprint density at radius 2 is 1.82 bits per heavy atom. The molecule has 0 fully saturated rings.